The van der Waals surface area contributed by atoms with E-state index in [1.54, 1.807) is 7.05 Å². The van der Waals surface area contributed by atoms with Gasteiger partial charge in [0.2, 0.25) is 0 Å². The van der Waals surface area contributed by atoms with E-state index >= 15 is 0 Å². The summed E-state index contributed by atoms with van der Waals surface area (Å²) in [4.78, 5) is 4.19. The van der Waals surface area contributed by atoms with Crippen molar-refractivity contribution in [1.29, 1.82) is 0 Å². The molecule has 0 bridgehead atoms. The van der Waals surface area contributed by atoms with E-state index in [9.17, 15) is 0 Å². The lowest BCUT2D eigenvalue weighted by Crippen LogP contribution is -2.37. The van der Waals surface area contributed by atoms with Crippen molar-refractivity contribution in [3.63, 3.8) is 0 Å². The summed E-state index contributed by atoms with van der Waals surface area (Å²) >= 11 is 0. The van der Waals surface area contributed by atoms with Crippen LogP contribution in [0.25, 0.3) is 0 Å². The lowest BCUT2D eigenvalue weighted by Gasteiger charge is -2.11. The van der Waals surface area contributed by atoms with Crippen LogP contribution in [0.3, 0.4) is 0 Å². The molecule has 114 valence electrons. The molecule has 0 atom stereocenters. The Morgan fingerprint density at radius 2 is 2.05 bits per heavy atom. The Morgan fingerprint density at radius 1 is 1.30 bits per heavy atom. The predicted molar refractivity (Wildman–Crippen MR) is 82.9 cm³/mol. The van der Waals surface area contributed by atoms with Crippen LogP contribution in [-0.4, -0.2) is 24.7 Å². The van der Waals surface area contributed by atoms with Crippen molar-refractivity contribution in [2.24, 2.45) is 10.9 Å². The molecule has 1 heterocycles. The van der Waals surface area contributed by atoms with E-state index in [2.05, 4.69) is 48.5 Å². The minimum atomic E-state index is 0.390. The molecule has 0 aliphatic rings. The van der Waals surface area contributed by atoms with Crippen molar-refractivity contribution in [2.45, 2.75) is 53.0 Å². The molecule has 0 fully saturated rings. The van der Waals surface area contributed by atoms with Crippen LogP contribution in [0.5, 0.6) is 0 Å². The number of nitrogens with one attached hydrogen (secondary N) is 2. The summed E-state index contributed by atoms with van der Waals surface area (Å²) < 4.78 is 5.28. The molecular formula is C15H28N4O. The van der Waals surface area contributed by atoms with Gasteiger partial charge in [-0.25, -0.2) is 0 Å². The van der Waals surface area contributed by atoms with Gasteiger partial charge in [-0.15, -0.1) is 0 Å². The van der Waals surface area contributed by atoms with E-state index in [-0.39, 0.29) is 0 Å². The number of hydrogen-bond acceptors (Lipinski definition) is 3. The highest BCUT2D eigenvalue weighted by atomic mass is 16.5. The molecule has 0 amide bonds. The van der Waals surface area contributed by atoms with Crippen molar-refractivity contribution in [2.75, 3.05) is 13.6 Å². The Morgan fingerprint density at radius 3 is 2.60 bits per heavy atom. The van der Waals surface area contributed by atoms with Crippen molar-refractivity contribution >= 4 is 5.96 Å². The van der Waals surface area contributed by atoms with Gasteiger partial charge in [-0.05, 0) is 24.7 Å². The minimum Gasteiger partial charge on any atom is -0.359 e. The Bertz CT molecular complexity index is 410. The van der Waals surface area contributed by atoms with Crippen LogP contribution in [0.4, 0.5) is 0 Å². The van der Waals surface area contributed by atoms with Crippen LogP contribution in [0.15, 0.2) is 15.6 Å². The Labute approximate surface area is 122 Å². The number of aliphatic imine (C=N–C) groups is 1. The third kappa shape index (κ3) is 6.08. The summed E-state index contributed by atoms with van der Waals surface area (Å²) in [5, 5.41) is 10.6. The van der Waals surface area contributed by atoms with Crippen molar-refractivity contribution in [3.05, 3.63) is 17.5 Å². The average Bonchev–Trinajstić information content (AvgIpc) is 2.86. The van der Waals surface area contributed by atoms with Gasteiger partial charge in [-0.3, -0.25) is 4.99 Å². The van der Waals surface area contributed by atoms with Gasteiger partial charge in [0.15, 0.2) is 11.7 Å². The van der Waals surface area contributed by atoms with Gasteiger partial charge in [-0.2, -0.15) is 0 Å². The first-order valence-corrected chi connectivity index (χ1v) is 7.43. The van der Waals surface area contributed by atoms with E-state index < -0.39 is 0 Å². The van der Waals surface area contributed by atoms with Crippen LogP contribution < -0.4 is 10.6 Å². The second kappa shape index (κ2) is 8.61. The Kier molecular flexibility index (Phi) is 7.12. The second-order valence-corrected chi connectivity index (χ2v) is 5.76. The van der Waals surface area contributed by atoms with Crippen molar-refractivity contribution in [3.8, 4) is 0 Å². The maximum Gasteiger partial charge on any atom is 0.191 e. The van der Waals surface area contributed by atoms with E-state index in [4.69, 9.17) is 4.52 Å². The SMILES string of the molecule is CN=C(NCCCC(C)C)NCc1cc(C(C)C)no1. The number of rotatable bonds is 7. The van der Waals surface area contributed by atoms with Gasteiger partial charge >= 0.3 is 0 Å². The highest BCUT2D eigenvalue weighted by Gasteiger charge is 2.08. The number of aromatic nitrogens is 1. The zero-order valence-corrected chi connectivity index (χ0v) is 13.4. The maximum atomic E-state index is 5.28. The van der Waals surface area contributed by atoms with E-state index in [1.165, 1.54) is 6.42 Å². The molecular weight excluding hydrogens is 252 g/mol. The fourth-order valence-corrected chi connectivity index (χ4v) is 1.79. The van der Waals surface area contributed by atoms with Crippen LogP contribution in [-0.2, 0) is 6.54 Å². The summed E-state index contributed by atoms with van der Waals surface area (Å²) in [6, 6.07) is 1.99. The number of guanidine groups is 1. The van der Waals surface area contributed by atoms with Gasteiger partial charge in [0.1, 0.15) is 0 Å². The number of nitrogens with zero attached hydrogens (tertiary/aromatic N) is 2. The molecule has 20 heavy (non-hydrogen) atoms. The molecule has 5 heteroatoms. The molecule has 0 aliphatic heterocycles. The molecule has 0 aromatic carbocycles. The summed E-state index contributed by atoms with van der Waals surface area (Å²) in [6.45, 7) is 10.2. The normalized spacial score (nSPS) is 12.2. The second-order valence-electron chi connectivity index (χ2n) is 5.76. The van der Waals surface area contributed by atoms with Gasteiger partial charge < -0.3 is 15.2 Å². The number of hydrogen-bond donors (Lipinski definition) is 2. The topological polar surface area (TPSA) is 62.5 Å². The van der Waals surface area contributed by atoms with E-state index in [0.29, 0.717) is 12.5 Å². The fraction of sp³-hybridized carbons (Fsp3) is 0.733. The molecule has 2 N–H and O–H groups in total. The molecule has 1 aromatic heterocycles. The maximum absolute atomic E-state index is 5.28. The third-order valence-electron chi connectivity index (χ3n) is 3.07. The first kappa shape index (κ1) is 16.5. The van der Waals surface area contributed by atoms with Crippen LogP contribution in [0.2, 0.25) is 0 Å². The van der Waals surface area contributed by atoms with E-state index in [1.807, 2.05) is 6.07 Å². The molecule has 0 saturated heterocycles. The first-order chi connectivity index (χ1) is 9.52. The Hall–Kier alpha value is -1.52. The summed E-state index contributed by atoms with van der Waals surface area (Å²) in [7, 11) is 1.78. The lowest BCUT2D eigenvalue weighted by molar-refractivity contribution is 0.372. The highest BCUT2D eigenvalue weighted by Crippen LogP contribution is 2.13. The summed E-state index contributed by atoms with van der Waals surface area (Å²) in [6.07, 6.45) is 2.38. The van der Waals surface area contributed by atoms with Crippen LogP contribution in [0, 0.1) is 5.92 Å². The van der Waals surface area contributed by atoms with Crippen molar-refractivity contribution in [1.82, 2.24) is 15.8 Å². The summed E-state index contributed by atoms with van der Waals surface area (Å²) in [5.41, 5.74) is 0.988. The molecule has 0 unspecified atom stereocenters. The van der Waals surface area contributed by atoms with Gasteiger partial charge in [0.25, 0.3) is 0 Å². The molecule has 5 nitrogen and oxygen atoms in total. The van der Waals surface area contributed by atoms with Crippen LogP contribution in [0.1, 0.15) is 57.9 Å². The largest absolute Gasteiger partial charge is 0.359 e. The average molecular weight is 280 g/mol. The Balaban J connectivity index is 2.30. The predicted octanol–water partition coefficient (Wildman–Crippen LogP) is 2.90. The standard InChI is InChI=1S/C15H28N4O/c1-11(2)7-6-8-17-15(16-5)18-10-13-9-14(12(3)4)19-20-13/h9,11-12H,6-8,10H2,1-5H3,(H2,16,17,18). The monoisotopic (exact) mass is 280 g/mol. The lowest BCUT2D eigenvalue weighted by atomic mass is 10.1. The smallest absolute Gasteiger partial charge is 0.191 e. The summed E-state index contributed by atoms with van der Waals surface area (Å²) in [5.74, 6) is 2.77. The van der Waals surface area contributed by atoms with Gasteiger partial charge in [-0.1, -0.05) is 32.9 Å². The zero-order chi connectivity index (χ0) is 15.0. The highest BCUT2D eigenvalue weighted by molar-refractivity contribution is 5.79. The molecule has 1 rings (SSSR count). The zero-order valence-electron chi connectivity index (χ0n) is 13.4. The molecule has 0 saturated carbocycles. The van der Waals surface area contributed by atoms with Gasteiger partial charge in [0, 0.05) is 19.7 Å². The molecule has 1 aromatic rings. The molecule has 0 radical (unpaired) electrons. The molecule has 0 spiro atoms. The quantitative estimate of drug-likeness (QED) is 0.458. The first-order valence-electron chi connectivity index (χ1n) is 7.43. The fourth-order valence-electron chi connectivity index (χ4n) is 1.79. The van der Waals surface area contributed by atoms with E-state index in [0.717, 1.165) is 36.3 Å². The van der Waals surface area contributed by atoms with Crippen molar-refractivity contribution < 1.29 is 4.52 Å². The van der Waals surface area contributed by atoms with Gasteiger partial charge in [0.05, 0.1) is 12.2 Å². The third-order valence-corrected chi connectivity index (χ3v) is 3.07. The molecule has 0 aliphatic carbocycles. The van der Waals surface area contributed by atoms with Crippen LogP contribution >= 0.6 is 0 Å². The minimum absolute atomic E-state index is 0.390.